The summed E-state index contributed by atoms with van der Waals surface area (Å²) in [7, 11) is -3.18. The van der Waals surface area contributed by atoms with Gasteiger partial charge in [0.15, 0.2) is 15.7 Å². The molecular weight excluding hydrogens is 258 g/mol. The van der Waals surface area contributed by atoms with Gasteiger partial charge in [-0.25, -0.2) is 8.42 Å². The van der Waals surface area contributed by atoms with Crippen LogP contribution >= 0.6 is 0 Å². The Morgan fingerprint density at radius 3 is 2.83 bits per heavy atom. The Hall–Kier alpha value is -0.990. The van der Waals surface area contributed by atoms with E-state index in [1.165, 1.54) is 6.42 Å². The molecule has 0 bridgehead atoms. The molecule has 2 N–H and O–H groups in total. The molecule has 1 fully saturated rings. The normalized spacial score (nSPS) is 18.6. The highest BCUT2D eigenvalue weighted by atomic mass is 32.2. The van der Waals surface area contributed by atoms with Gasteiger partial charge in [0.2, 0.25) is 5.89 Å². The summed E-state index contributed by atoms with van der Waals surface area (Å²) in [5.74, 6) is 0.0792. The van der Waals surface area contributed by atoms with Crippen molar-refractivity contribution in [3.63, 3.8) is 0 Å². The summed E-state index contributed by atoms with van der Waals surface area (Å²) in [4.78, 5) is 3.96. The molecule has 1 saturated carbocycles. The van der Waals surface area contributed by atoms with Crippen LogP contribution in [0.4, 0.5) is 0 Å². The number of hydrogen-bond donors (Lipinski definition) is 1. The number of sulfone groups is 1. The molecule has 8 heteroatoms. The van der Waals surface area contributed by atoms with E-state index < -0.39 is 15.9 Å². The topological polar surface area (TPSA) is 108 Å². The van der Waals surface area contributed by atoms with Crippen molar-refractivity contribution in [3.05, 3.63) is 11.7 Å². The second-order valence-electron chi connectivity index (χ2n) is 4.61. The first kappa shape index (κ1) is 13.4. The van der Waals surface area contributed by atoms with E-state index in [1.54, 1.807) is 0 Å². The van der Waals surface area contributed by atoms with Gasteiger partial charge >= 0.3 is 0 Å². The Labute approximate surface area is 106 Å². The molecule has 0 radical (unpaired) electrons. The van der Waals surface area contributed by atoms with E-state index in [-0.39, 0.29) is 17.5 Å². The predicted molar refractivity (Wildman–Crippen MR) is 63.4 cm³/mol. The highest BCUT2D eigenvalue weighted by Gasteiger charge is 2.22. The fourth-order valence-corrected chi connectivity index (χ4v) is 2.12. The van der Waals surface area contributed by atoms with Crippen LogP contribution in [0, 0.1) is 0 Å². The number of ether oxygens (including phenoxy) is 1. The Morgan fingerprint density at radius 1 is 1.56 bits per heavy atom. The zero-order valence-corrected chi connectivity index (χ0v) is 11.0. The molecule has 1 heterocycles. The molecular formula is C10H17N3O4S. The molecule has 0 spiro atoms. The average Bonchev–Trinajstić information content (AvgIpc) is 2.60. The summed E-state index contributed by atoms with van der Waals surface area (Å²) in [6, 6.07) is -0.484. The molecule has 1 aromatic heterocycles. The third kappa shape index (κ3) is 3.76. The molecule has 102 valence electrons. The van der Waals surface area contributed by atoms with Gasteiger partial charge in [0.25, 0.3) is 0 Å². The van der Waals surface area contributed by atoms with E-state index in [9.17, 15) is 8.42 Å². The molecule has 18 heavy (non-hydrogen) atoms. The fraction of sp³-hybridized carbons (Fsp3) is 0.800. The molecule has 0 aliphatic heterocycles. The van der Waals surface area contributed by atoms with Gasteiger partial charge in [0, 0.05) is 6.26 Å². The molecule has 0 amide bonds. The second kappa shape index (κ2) is 5.33. The minimum absolute atomic E-state index is 0.0617. The number of aromatic nitrogens is 2. The smallest absolute Gasteiger partial charge is 0.241 e. The van der Waals surface area contributed by atoms with E-state index in [0.717, 1.165) is 19.1 Å². The van der Waals surface area contributed by atoms with Gasteiger partial charge in [-0.2, -0.15) is 4.98 Å². The largest absolute Gasteiger partial charge is 0.376 e. The van der Waals surface area contributed by atoms with Crippen LogP contribution in [0.15, 0.2) is 4.52 Å². The lowest BCUT2D eigenvalue weighted by atomic mass is 9.96. The van der Waals surface area contributed by atoms with Gasteiger partial charge in [0.1, 0.15) is 5.75 Å². The Morgan fingerprint density at radius 2 is 2.28 bits per heavy atom. The van der Waals surface area contributed by atoms with Gasteiger partial charge in [-0.05, 0) is 19.3 Å². The Kier molecular flexibility index (Phi) is 3.98. The van der Waals surface area contributed by atoms with Gasteiger partial charge < -0.3 is 15.0 Å². The van der Waals surface area contributed by atoms with Crippen molar-refractivity contribution in [3.8, 4) is 0 Å². The first-order valence-corrected chi connectivity index (χ1v) is 7.87. The third-order valence-corrected chi connectivity index (χ3v) is 3.54. The van der Waals surface area contributed by atoms with E-state index in [1.807, 2.05) is 0 Å². The maximum Gasteiger partial charge on any atom is 0.241 e. The van der Waals surface area contributed by atoms with Crippen LogP contribution in [0.2, 0.25) is 0 Å². The molecule has 1 aromatic rings. The van der Waals surface area contributed by atoms with Crippen LogP contribution in [-0.4, -0.2) is 37.5 Å². The maximum atomic E-state index is 11.1. The fourth-order valence-electron chi connectivity index (χ4n) is 1.55. The van der Waals surface area contributed by atoms with Crippen molar-refractivity contribution in [1.29, 1.82) is 0 Å². The lowest BCUT2D eigenvalue weighted by molar-refractivity contribution is -0.00549. The number of nitrogens with zero attached hydrogens (tertiary/aromatic N) is 2. The van der Waals surface area contributed by atoms with E-state index in [2.05, 4.69) is 10.1 Å². The monoisotopic (exact) mass is 275 g/mol. The Balaban J connectivity index is 1.87. The highest BCUT2D eigenvalue weighted by Crippen LogP contribution is 2.23. The first-order valence-electron chi connectivity index (χ1n) is 5.81. The summed E-state index contributed by atoms with van der Waals surface area (Å²) in [5, 5.41) is 3.67. The van der Waals surface area contributed by atoms with Gasteiger partial charge in [0.05, 0.1) is 18.8 Å². The molecule has 1 aliphatic carbocycles. The summed E-state index contributed by atoms with van der Waals surface area (Å²) < 4.78 is 32.5. The van der Waals surface area contributed by atoms with Crippen molar-refractivity contribution in [1.82, 2.24) is 10.1 Å². The van der Waals surface area contributed by atoms with Crippen LogP contribution in [0.25, 0.3) is 0 Å². The van der Waals surface area contributed by atoms with Crippen molar-refractivity contribution < 1.29 is 17.7 Å². The lowest BCUT2D eigenvalue weighted by Crippen LogP contribution is -2.27. The predicted octanol–water partition coefficient (Wildman–Crippen LogP) is 0.183. The summed E-state index contributed by atoms with van der Waals surface area (Å²) in [6.07, 6.45) is 4.73. The number of rotatable bonds is 6. The van der Waals surface area contributed by atoms with E-state index in [4.69, 9.17) is 15.0 Å². The van der Waals surface area contributed by atoms with Crippen LogP contribution in [0.1, 0.15) is 37.0 Å². The quantitative estimate of drug-likeness (QED) is 0.789. The van der Waals surface area contributed by atoms with Gasteiger partial charge in [-0.15, -0.1) is 0 Å². The molecule has 2 rings (SSSR count). The highest BCUT2D eigenvalue weighted by molar-refractivity contribution is 7.89. The average molecular weight is 275 g/mol. The van der Waals surface area contributed by atoms with Gasteiger partial charge in [-0.1, -0.05) is 5.16 Å². The van der Waals surface area contributed by atoms with Crippen molar-refractivity contribution in [2.45, 2.75) is 37.2 Å². The van der Waals surface area contributed by atoms with Gasteiger partial charge in [-0.3, -0.25) is 0 Å². The maximum absolute atomic E-state index is 11.1. The second-order valence-corrected chi connectivity index (χ2v) is 6.75. The molecule has 1 atom stereocenters. The molecule has 7 nitrogen and oxygen atoms in total. The zero-order chi connectivity index (χ0) is 13.2. The van der Waals surface area contributed by atoms with Crippen molar-refractivity contribution >= 4 is 9.84 Å². The molecule has 1 aliphatic rings. The lowest BCUT2D eigenvalue weighted by Gasteiger charge is -2.26. The molecule has 1 unspecified atom stereocenters. The minimum Gasteiger partial charge on any atom is -0.376 e. The van der Waals surface area contributed by atoms with Crippen LogP contribution < -0.4 is 5.73 Å². The summed E-state index contributed by atoms with van der Waals surface area (Å²) in [6.45, 7) is 0.322. The third-order valence-electron chi connectivity index (χ3n) is 2.76. The SMILES string of the molecule is CS(=O)(=O)Cc1nc(C(N)COC2CCC2)no1. The van der Waals surface area contributed by atoms with Crippen LogP contribution in [0.3, 0.4) is 0 Å². The standard InChI is InChI=1S/C10H17N3O4S/c1-18(14,15)6-9-12-10(13-17-9)8(11)5-16-7-3-2-4-7/h7-8H,2-6,11H2,1H3. The summed E-state index contributed by atoms with van der Waals surface area (Å²) >= 11 is 0. The number of hydrogen-bond acceptors (Lipinski definition) is 7. The number of nitrogens with two attached hydrogens (primary N) is 1. The molecule has 0 saturated heterocycles. The Bertz CT molecular complexity index is 495. The van der Waals surface area contributed by atoms with Crippen LogP contribution in [-0.2, 0) is 20.3 Å². The minimum atomic E-state index is -3.18. The van der Waals surface area contributed by atoms with Crippen LogP contribution in [0.5, 0.6) is 0 Å². The van der Waals surface area contributed by atoms with E-state index in [0.29, 0.717) is 12.7 Å². The van der Waals surface area contributed by atoms with E-state index >= 15 is 0 Å². The zero-order valence-electron chi connectivity index (χ0n) is 10.2. The van der Waals surface area contributed by atoms with Crippen molar-refractivity contribution in [2.24, 2.45) is 5.73 Å². The van der Waals surface area contributed by atoms with Crippen molar-refractivity contribution in [2.75, 3.05) is 12.9 Å². The molecule has 0 aromatic carbocycles. The summed E-state index contributed by atoms with van der Waals surface area (Å²) in [5.41, 5.74) is 5.84. The first-order chi connectivity index (χ1) is 8.44.